The molecule has 0 aliphatic heterocycles. The minimum absolute atomic E-state index is 0.173. The van der Waals surface area contributed by atoms with E-state index in [0.29, 0.717) is 11.5 Å². The molecule has 0 bridgehead atoms. The average Bonchev–Trinajstić information content (AvgIpc) is 2.62. The van der Waals surface area contributed by atoms with Gasteiger partial charge in [0.15, 0.2) is 0 Å². The van der Waals surface area contributed by atoms with Crippen molar-refractivity contribution in [2.75, 3.05) is 11.1 Å². The molecule has 7 heteroatoms. The average molecular weight is 299 g/mol. The molecule has 0 aliphatic rings. The first-order valence-corrected chi connectivity index (χ1v) is 6.20. The lowest BCUT2D eigenvalue weighted by Crippen LogP contribution is -2.15. The number of nitrogen functional groups attached to an aromatic ring is 1. The lowest BCUT2D eigenvalue weighted by molar-refractivity contribution is 0.102. The molecule has 1 aromatic carbocycles. The Balaban J connectivity index is 2.33. The second kappa shape index (κ2) is 5.11. The van der Waals surface area contributed by atoms with Crippen LogP contribution in [0.25, 0.3) is 0 Å². The zero-order valence-electron chi connectivity index (χ0n) is 10.4. The van der Waals surface area contributed by atoms with Gasteiger partial charge in [-0.25, -0.2) is 0 Å². The molecule has 0 fully saturated rings. The first kappa shape index (κ1) is 13.7. The van der Waals surface area contributed by atoms with Crippen LogP contribution in [-0.4, -0.2) is 15.7 Å². The number of amides is 1. The van der Waals surface area contributed by atoms with Gasteiger partial charge in [0.1, 0.15) is 5.82 Å². The van der Waals surface area contributed by atoms with Crippen molar-refractivity contribution in [3.8, 4) is 0 Å². The van der Waals surface area contributed by atoms with E-state index in [1.165, 1.54) is 12.1 Å². The van der Waals surface area contributed by atoms with Gasteiger partial charge >= 0.3 is 0 Å². The van der Waals surface area contributed by atoms with Crippen molar-refractivity contribution in [2.24, 2.45) is 7.05 Å². The van der Waals surface area contributed by atoms with Crippen LogP contribution < -0.4 is 11.1 Å². The topological polar surface area (TPSA) is 72.9 Å². The van der Waals surface area contributed by atoms with E-state index in [1.807, 2.05) is 6.92 Å². The summed E-state index contributed by atoms with van der Waals surface area (Å²) in [6.45, 7) is 1.83. The second-order valence-electron chi connectivity index (χ2n) is 4.11. The number of carbonyl (C=O) groups is 1. The van der Waals surface area contributed by atoms with E-state index in [2.05, 4.69) is 10.4 Å². The SMILES string of the molecule is Cc1cc(NC(=O)c2cc(N)cc(Cl)c2Cl)n(C)n1. The van der Waals surface area contributed by atoms with E-state index in [1.54, 1.807) is 17.8 Å². The number of carbonyl (C=O) groups excluding carboxylic acids is 1. The number of halogens is 2. The molecule has 100 valence electrons. The Morgan fingerprint density at radius 1 is 1.37 bits per heavy atom. The molecule has 5 nitrogen and oxygen atoms in total. The van der Waals surface area contributed by atoms with Gasteiger partial charge in [-0.2, -0.15) is 5.10 Å². The van der Waals surface area contributed by atoms with Gasteiger partial charge in [0.05, 0.1) is 21.3 Å². The van der Waals surface area contributed by atoms with Crippen molar-refractivity contribution < 1.29 is 4.79 Å². The Kier molecular flexibility index (Phi) is 3.68. The van der Waals surface area contributed by atoms with E-state index < -0.39 is 0 Å². The Hall–Kier alpha value is -1.72. The monoisotopic (exact) mass is 298 g/mol. The van der Waals surface area contributed by atoms with Crippen LogP contribution in [0.2, 0.25) is 10.0 Å². The summed E-state index contributed by atoms with van der Waals surface area (Å²) in [7, 11) is 1.73. The zero-order valence-corrected chi connectivity index (χ0v) is 11.9. The first-order chi connectivity index (χ1) is 8.88. The highest BCUT2D eigenvalue weighted by Gasteiger charge is 2.15. The van der Waals surface area contributed by atoms with Gasteiger partial charge in [0.25, 0.3) is 5.91 Å². The van der Waals surface area contributed by atoms with Crippen LogP contribution in [-0.2, 0) is 7.05 Å². The summed E-state index contributed by atoms with van der Waals surface area (Å²) < 4.78 is 1.56. The molecule has 1 amide bonds. The van der Waals surface area contributed by atoms with Gasteiger partial charge in [-0.3, -0.25) is 9.48 Å². The van der Waals surface area contributed by atoms with Crippen molar-refractivity contribution >= 4 is 40.6 Å². The summed E-state index contributed by atoms with van der Waals surface area (Å²) in [5.74, 6) is 0.180. The number of nitrogens with one attached hydrogen (secondary N) is 1. The van der Waals surface area contributed by atoms with Crippen LogP contribution in [0, 0.1) is 6.92 Å². The Labute approximate surface area is 120 Å². The lowest BCUT2D eigenvalue weighted by Gasteiger charge is -2.08. The molecule has 0 atom stereocenters. The van der Waals surface area contributed by atoms with E-state index in [4.69, 9.17) is 28.9 Å². The highest BCUT2D eigenvalue weighted by Crippen LogP contribution is 2.29. The maximum Gasteiger partial charge on any atom is 0.258 e. The molecule has 0 saturated carbocycles. The number of nitrogens with two attached hydrogens (primary N) is 1. The molecule has 2 rings (SSSR count). The van der Waals surface area contributed by atoms with Crippen molar-refractivity contribution in [3.63, 3.8) is 0 Å². The fourth-order valence-corrected chi connectivity index (χ4v) is 2.11. The number of hydrogen-bond acceptors (Lipinski definition) is 3. The molecule has 0 radical (unpaired) electrons. The quantitative estimate of drug-likeness (QED) is 0.837. The molecule has 3 N–H and O–H groups in total. The van der Waals surface area contributed by atoms with Crippen LogP contribution in [0.1, 0.15) is 16.1 Å². The van der Waals surface area contributed by atoms with Gasteiger partial charge in [0, 0.05) is 18.8 Å². The van der Waals surface area contributed by atoms with E-state index in [0.717, 1.165) is 5.69 Å². The molecule has 0 unspecified atom stereocenters. The normalized spacial score (nSPS) is 10.5. The summed E-state index contributed by atoms with van der Waals surface area (Å²) in [5, 5.41) is 7.26. The largest absolute Gasteiger partial charge is 0.399 e. The second-order valence-corrected chi connectivity index (χ2v) is 4.90. The molecule has 0 saturated heterocycles. The van der Waals surface area contributed by atoms with Crippen molar-refractivity contribution in [2.45, 2.75) is 6.92 Å². The number of hydrogen-bond donors (Lipinski definition) is 2. The standard InChI is InChI=1S/C12H12Cl2N4O/c1-6-3-10(18(2)17-6)16-12(19)8-4-7(15)5-9(13)11(8)14/h3-5H,15H2,1-2H3,(H,16,19). The number of nitrogens with zero attached hydrogens (tertiary/aromatic N) is 2. The highest BCUT2D eigenvalue weighted by atomic mass is 35.5. The minimum atomic E-state index is -0.387. The van der Waals surface area contributed by atoms with Crippen LogP contribution in [0.3, 0.4) is 0 Å². The van der Waals surface area contributed by atoms with Crippen LogP contribution in [0.15, 0.2) is 18.2 Å². The smallest absolute Gasteiger partial charge is 0.258 e. The molecular formula is C12H12Cl2N4O. The number of anilines is 2. The summed E-state index contributed by atoms with van der Waals surface area (Å²) >= 11 is 11.9. The van der Waals surface area contributed by atoms with E-state index in [9.17, 15) is 4.79 Å². The summed E-state index contributed by atoms with van der Waals surface area (Å²) in [6.07, 6.45) is 0. The number of aromatic nitrogens is 2. The number of aryl methyl sites for hydroxylation is 2. The minimum Gasteiger partial charge on any atom is -0.399 e. The zero-order chi connectivity index (χ0) is 14.2. The third kappa shape index (κ3) is 2.83. The maximum atomic E-state index is 12.1. The van der Waals surface area contributed by atoms with Crippen LogP contribution in [0.4, 0.5) is 11.5 Å². The summed E-state index contributed by atoms with van der Waals surface area (Å²) in [5.41, 5.74) is 7.06. The van der Waals surface area contributed by atoms with E-state index >= 15 is 0 Å². The molecule has 0 aliphatic carbocycles. The van der Waals surface area contributed by atoms with Gasteiger partial charge < -0.3 is 11.1 Å². The van der Waals surface area contributed by atoms with Crippen molar-refractivity contribution in [1.82, 2.24) is 9.78 Å². The van der Waals surface area contributed by atoms with Crippen LogP contribution >= 0.6 is 23.2 Å². The predicted octanol–water partition coefficient (Wildman–Crippen LogP) is 2.87. The van der Waals surface area contributed by atoms with E-state index in [-0.39, 0.29) is 21.5 Å². The van der Waals surface area contributed by atoms with Gasteiger partial charge in [0.2, 0.25) is 0 Å². The molecule has 2 aromatic rings. The third-order valence-corrected chi connectivity index (χ3v) is 3.34. The fraction of sp³-hybridized carbons (Fsp3) is 0.167. The van der Waals surface area contributed by atoms with Gasteiger partial charge in [-0.1, -0.05) is 23.2 Å². The summed E-state index contributed by atoms with van der Waals surface area (Å²) in [6, 6.07) is 4.72. The number of rotatable bonds is 2. The van der Waals surface area contributed by atoms with Gasteiger partial charge in [-0.15, -0.1) is 0 Å². The van der Waals surface area contributed by atoms with Crippen molar-refractivity contribution in [1.29, 1.82) is 0 Å². The molecule has 1 heterocycles. The Morgan fingerprint density at radius 3 is 2.63 bits per heavy atom. The maximum absolute atomic E-state index is 12.1. The Morgan fingerprint density at radius 2 is 2.05 bits per heavy atom. The third-order valence-electron chi connectivity index (χ3n) is 2.54. The fourth-order valence-electron chi connectivity index (χ4n) is 1.69. The molecule has 1 aromatic heterocycles. The first-order valence-electron chi connectivity index (χ1n) is 5.45. The van der Waals surface area contributed by atoms with Crippen molar-refractivity contribution in [3.05, 3.63) is 39.5 Å². The molecule has 19 heavy (non-hydrogen) atoms. The lowest BCUT2D eigenvalue weighted by atomic mass is 10.2. The molecular weight excluding hydrogens is 287 g/mol. The summed E-state index contributed by atoms with van der Waals surface area (Å²) in [4.78, 5) is 12.1. The molecule has 0 spiro atoms. The predicted molar refractivity (Wildman–Crippen MR) is 76.8 cm³/mol. The van der Waals surface area contributed by atoms with Gasteiger partial charge in [-0.05, 0) is 19.1 Å². The number of benzene rings is 1. The van der Waals surface area contributed by atoms with Crippen LogP contribution in [0.5, 0.6) is 0 Å². The Bertz CT molecular complexity index is 651. The highest BCUT2D eigenvalue weighted by molar-refractivity contribution is 6.44.